The van der Waals surface area contributed by atoms with Crippen LogP contribution in [0.1, 0.15) is 31.5 Å². The standard InChI is InChI=1S/C11H18N4O/c1-15-11(13-7-14-15)6-10(16)8-4-2-3-5-9(8)12/h7-9H,2-6,12H2,1H3. The zero-order valence-electron chi connectivity index (χ0n) is 9.59. The molecule has 5 heteroatoms. The molecule has 0 aliphatic heterocycles. The Morgan fingerprint density at radius 3 is 2.94 bits per heavy atom. The van der Waals surface area contributed by atoms with Gasteiger partial charge < -0.3 is 5.73 Å². The Morgan fingerprint density at radius 2 is 2.31 bits per heavy atom. The second-order valence-electron chi connectivity index (χ2n) is 4.50. The first-order valence-electron chi connectivity index (χ1n) is 5.79. The fourth-order valence-electron chi connectivity index (χ4n) is 2.33. The van der Waals surface area contributed by atoms with Crippen LogP contribution in [0.2, 0.25) is 0 Å². The molecule has 1 aromatic rings. The first kappa shape index (κ1) is 11.3. The average molecular weight is 222 g/mol. The number of aryl methyl sites for hydroxylation is 1. The van der Waals surface area contributed by atoms with Crippen LogP contribution in [-0.2, 0) is 18.3 Å². The summed E-state index contributed by atoms with van der Waals surface area (Å²) >= 11 is 0. The molecule has 1 fully saturated rings. The van der Waals surface area contributed by atoms with E-state index in [0.717, 1.165) is 31.5 Å². The summed E-state index contributed by atoms with van der Waals surface area (Å²) in [6.07, 6.45) is 5.99. The van der Waals surface area contributed by atoms with Crippen molar-refractivity contribution in [2.75, 3.05) is 0 Å². The van der Waals surface area contributed by atoms with Crippen molar-refractivity contribution >= 4 is 5.78 Å². The predicted molar refractivity (Wildman–Crippen MR) is 59.6 cm³/mol. The van der Waals surface area contributed by atoms with E-state index in [9.17, 15) is 4.79 Å². The molecule has 2 N–H and O–H groups in total. The summed E-state index contributed by atoms with van der Waals surface area (Å²) in [5.74, 6) is 0.955. The molecule has 1 aliphatic carbocycles. The zero-order valence-corrected chi connectivity index (χ0v) is 9.59. The van der Waals surface area contributed by atoms with Crippen LogP contribution in [0.3, 0.4) is 0 Å². The summed E-state index contributed by atoms with van der Waals surface area (Å²) in [7, 11) is 1.80. The van der Waals surface area contributed by atoms with E-state index >= 15 is 0 Å². The number of nitrogens with zero attached hydrogens (tertiary/aromatic N) is 3. The van der Waals surface area contributed by atoms with E-state index in [1.807, 2.05) is 0 Å². The second kappa shape index (κ2) is 4.74. The van der Waals surface area contributed by atoms with Gasteiger partial charge in [0.05, 0.1) is 6.42 Å². The molecule has 5 nitrogen and oxygen atoms in total. The maximum Gasteiger partial charge on any atom is 0.145 e. The summed E-state index contributed by atoms with van der Waals surface area (Å²) in [5, 5.41) is 3.96. The van der Waals surface area contributed by atoms with Gasteiger partial charge in [-0.05, 0) is 12.8 Å². The largest absolute Gasteiger partial charge is 0.327 e. The molecule has 0 spiro atoms. The topological polar surface area (TPSA) is 73.8 Å². The third kappa shape index (κ3) is 2.29. The molecule has 1 heterocycles. The van der Waals surface area contributed by atoms with Gasteiger partial charge in [-0.1, -0.05) is 12.8 Å². The third-order valence-electron chi connectivity index (χ3n) is 3.37. The number of Topliss-reactive ketones (excluding diaryl/α,β-unsaturated/α-hetero) is 1. The van der Waals surface area contributed by atoms with Gasteiger partial charge in [-0.25, -0.2) is 4.98 Å². The highest BCUT2D eigenvalue weighted by molar-refractivity contribution is 5.83. The Balaban J connectivity index is 2.00. The number of hydrogen-bond acceptors (Lipinski definition) is 4. The number of rotatable bonds is 3. The minimum atomic E-state index is 0.0189. The lowest BCUT2D eigenvalue weighted by Crippen LogP contribution is -2.39. The van der Waals surface area contributed by atoms with Gasteiger partial charge in [0.1, 0.15) is 17.9 Å². The van der Waals surface area contributed by atoms with Crippen LogP contribution in [0.5, 0.6) is 0 Å². The maximum atomic E-state index is 12.1. The quantitative estimate of drug-likeness (QED) is 0.805. The van der Waals surface area contributed by atoms with Gasteiger partial charge in [0.2, 0.25) is 0 Å². The second-order valence-corrected chi connectivity index (χ2v) is 4.50. The molecular formula is C11H18N4O. The van der Waals surface area contributed by atoms with E-state index in [-0.39, 0.29) is 17.7 Å². The molecule has 2 atom stereocenters. The van der Waals surface area contributed by atoms with Crippen LogP contribution < -0.4 is 5.73 Å². The summed E-state index contributed by atoms with van der Waals surface area (Å²) in [6, 6.07) is 0.0366. The number of carbonyl (C=O) groups excluding carboxylic acids is 1. The summed E-state index contributed by atoms with van der Waals surface area (Å²) < 4.78 is 1.65. The molecule has 16 heavy (non-hydrogen) atoms. The molecule has 1 aromatic heterocycles. The van der Waals surface area contributed by atoms with Gasteiger partial charge in [0, 0.05) is 19.0 Å². The fourth-order valence-corrected chi connectivity index (χ4v) is 2.33. The molecule has 0 amide bonds. The lowest BCUT2D eigenvalue weighted by molar-refractivity contribution is -0.123. The van der Waals surface area contributed by atoms with Gasteiger partial charge in [-0.3, -0.25) is 9.48 Å². The van der Waals surface area contributed by atoms with Crippen LogP contribution in [0.15, 0.2) is 6.33 Å². The lowest BCUT2D eigenvalue weighted by Gasteiger charge is -2.27. The Labute approximate surface area is 95.0 Å². The van der Waals surface area contributed by atoms with Crippen molar-refractivity contribution in [3.05, 3.63) is 12.2 Å². The molecule has 0 saturated heterocycles. The predicted octanol–water partition coefficient (Wildman–Crippen LogP) is 0.444. The van der Waals surface area contributed by atoms with Gasteiger partial charge in [0.25, 0.3) is 0 Å². The van der Waals surface area contributed by atoms with Gasteiger partial charge in [0.15, 0.2) is 0 Å². The van der Waals surface area contributed by atoms with Crippen LogP contribution in [0.4, 0.5) is 0 Å². The summed E-state index contributed by atoms with van der Waals surface area (Å²) in [5.41, 5.74) is 5.98. The SMILES string of the molecule is Cn1ncnc1CC(=O)C1CCCCC1N. The van der Waals surface area contributed by atoms with E-state index < -0.39 is 0 Å². The average Bonchev–Trinajstić information content (AvgIpc) is 2.65. The number of aromatic nitrogens is 3. The normalized spacial score (nSPS) is 25.6. The highest BCUT2D eigenvalue weighted by atomic mass is 16.1. The van der Waals surface area contributed by atoms with Crippen molar-refractivity contribution in [2.24, 2.45) is 18.7 Å². The first-order chi connectivity index (χ1) is 7.68. The van der Waals surface area contributed by atoms with E-state index in [4.69, 9.17) is 5.73 Å². The minimum Gasteiger partial charge on any atom is -0.327 e. The van der Waals surface area contributed by atoms with Gasteiger partial charge >= 0.3 is 0 Å². The van der Waals surface area contributed by atoms with Crippen molar-refractivity contribution in [2.45, 2.75) is 38.1 Å². The molecule has 0 bridgehead atoms. The Morgan fingerprint density at radius 1 is 1.56 bits per heavy atom. The van der Waals surface area contributed by atoms with Crippen molar-refractivity contribution in [1.29, 1.82) is 0 Å². The van der Waals surface area contributed by atoms with Gasteiger partial charge in [-0.15, -0.1) is 0 Å². The third-order valence-corrected chi connectivity index (χ3v) is 3.37. The van der Waals surface area contributed by atoms with Crippen molar-refractivity contribution in [3.8, 4) is 0 Å². The van der Waals surface area contributed by atoms with Crippen LogP contribution >= 0.6 is 0 Å². The minimum absolute atomic E-state index is 0.0189. The highest BCUT2D eigenvalue weighted by Gasteiger charge is 2.28. The van der Waals surface area contributed by atoms with E-state index in [0.29, 0.717) is 6.42 Å². The van der Waals surface area contributed by atoms with Crippen LogP contribution in [-0.4, -0.2) is 26.6 Å². The molecule has 0 aromatic carbocycles. The Hall–Kier alpha value is -1.23. The fraction of sp³-hybridized carbons (Fsp3) is 0.727. The van der Waals surface area contributed by atoms with Crippen molar-refractivity contribution in [3.63, 3.8) is 0 Å². The molecule has 2 unspecified atom stereocenters. The zero-order chi connectivity index (χ0) is 11.5. The summed E-state index contributed by atoms with van der Waals surface area (Å²) in [4.78, 5) is 16.1. The Bertz CT molecular complexity index is 374. The Kier molecular flexibility index (Phi) is 3.33. The van der Waals surface area contributed by atoms with E-state index in [1.54, 1.807) is 11.7 Å². The molecular weight excluding hydrogens is 204 g/mol. The first-order valence-corrected chi connectivity index (χ1v) is 5.79. The van der Waals surface area contributed by atoms with Gasteiger partial charge in [-0.2, -0.15) is 5.10 Å². The highest BCUT2D eigenvalue weighted by Crippen LogP contribution is 2.24. The van der Waals surface area contributed by atoms with Crippen molar-refractivity contribution in [1.82, 2.24) is 14.8 Å². The molecule has 2 rings (SSSR count). The maximum absolute atomic E-state index is 12.1. The van der Waals surface area contributed by atoms with E-state index in [1.165, 1.54) is 6.33 Å². The number of ketones is 1. The number of carbonyl (C=O) groups is 1. The number of hydrogen-bond donors (Lipinski definition) is 1. The smallest absolute Gasteiger partial charge is 0.145 e. The lowest BCUT2D eigenvalue weighted by atomic mass is 9.81. The monoisotopic (exact) mass is 222 g/mol. The molecule has 88 valence electrons. The van der Waals surface area contributed by atoms with Crippen LogP contribution in [0, 0.1) is 5.92 Å². The number of nitrogens with two attached hydrogens (primary N) is 1. The van der Waals surface area contributed by atoms with E-state index in [2.05, 4.69) is 10.1 Å². The van der Waals surface area contributed by atoms with Crippen LogP contribution in [0.25, 0.3) is 0 Å². The van der Waals surface area contributed by atoms with Crippen molar-refractivity contribution < 1.29 is 4.79 Å². The molecule has 1 saturated carbocycles. The molecule has 1 aliphatic rings. The summed E-state index contributed by atoms with van der Waals surface area (Å²) in [6.45, 7) is 0. The molecule has 0 radical (unpaired) electrons.